The Morgan fingerprint density at radius 2 is 2.19 bits per heavy atom. The quantitative estimate of drug-likeness (QED) is 0.579. The Bertz CT molecular complexity index is 187. The molecule has 5 nitrogen and oxygen atoms in total. The molecule has 0 rings (SSSR count). The van der Waals surface area contributed by atoms with Gasteiger partial charge in [-0.15, -0.1) is 0 Å². The van der Waals surface area contributed by atoms with Crippen molar-refractivity contribution >= 4 is 5.97 Å². The number of rotatable bonds is 9. The second-order valence-electron chi connectivity index (χ2n) is 3.76. The Morgan fingerprint density at radius 3 is 2.75 bits per heavy atom. The second kappa shape index (κ2) is 9.57. The summed E-state index contributed by atoms with van der Waals surface area (Å²) in [5.41, 5.74) is 0. The Kier molecular flexibility index (Phi) is 9.18. The summed E-state index contributed by atoms with van der Waals surface area (Å²) < 4.78 is 9.64. The summed E-state index contributed by atoms with van der Waals surface area (Å²) in [4.78, 5) is 12.8. The van der Waals surface area contributed by atoms with Gasteiger partial charge in [-0.1, -0.05) is 0 Å². The van der Waals surface area contributed by atoms with Gasteiger partial charge < -0.3 is 19.5 Å². The van der Waals surface area contributed by atoms with Gasteiger partial charge in [0.15, 0.2) is 0 Å². The van der Waals surface area contributed by atoms with Crippen LogP contribution in [0.1, 0.15) is 19.8 Å². The number of hydrogen-bond acceptors (Lipinski definition) is 5. The van der Waals surface area contributed by atoms with Crippen LogP contribution in [0.15, 0.2) is 0 Å². The maximum atomic E-state index is 10.8. The molecule has 0 aromatic carbocycles. The smallest absolute Gasteiger partial charge is 0.305 e. The molecule has 0 heterocycles. The zero-order chi connectivity index (χ0) is 12.4. The molecule has 1 unspecified atom stereocenters. The number of esters is 1. The lowest BCUT2D eigenvalue weighted by molar-refractivity contribution is -0.140. The van der Waals surface area contributed by atoms with Gasteiger partial charge in [-0.25, -0.2) is 0 Å². The first kappa shape index (κ1) is 15.3. The minimum atomic E-state index is -0.469. The molecule has 0 radical (unpaired) electrons. The van der Waals surface area contributed by atoms with Crippen LogP contribution in [0, 0.1) is 0 Å². The summed E-state index contributed by atoms with van der Waals surface area (Å²) in [5, 5.41) is 9.55. The van der Waals surface area contributed by atoms with Gasteiger partial charge in [0, 0.05) is 19.6 Å². The third kappa shape index (κ3) is 8.64. The third-order valence-corrected chi connectivity index (χ3v) is 2.19. The maximum Gasteiger partial charge on any atom is 0.305 e. The lowest BCUT2D eigenvalue weighted by atomic mass is 10.3. The van der Waals surface area contributed by atoms with Crippen LogP contribution in [-0.4, -0.2) is 62.5 Å². The summed E-state index contributed by atoms with van der Waals surface area (Å²) in [7, 11) is 3.30. The number of ether oxygens (including phenoxy) is 2. The van der Waals surface area contributed by atoms with E-state index >= 15 is 0 Å². The monoisotopic (exact) mass is 233 g/mol. The summed E-state index contributed by atoms with van der Waals surface area (Å²) in [6.07, 6.45) is 0.690. The highest BCUT2D eigenvalue weighted by Gasteiger charge is 2.08. The zero-order valence-corrected chi connectivity index (χ0v) is 10.4. The Hall–Kier alpha value is -0.650. The van der Waals surface area contributed by atoms with Gasteiger partial charge >= 0.3 is 5.97 Å². The summed E-state index contributed by atoms with van der Waals surface area (Å²) >= 11 is 0. The highest BCUT2D eigenvalue weighted by molar-refractivity contribution is 5.69. The fourth-order valence-electron chi connectivity index (χ4n) is 1.35. The molecule has 1 N–H and O–H groups in total. The molecule has 0 saturated heterocycles. The molecule has 0 spiro atoms. The van der Waals surface area contributed by atoms with E-state index in [1.54, 1.807) is 0 Å². The summed E-state index contributed by atoms with van der Waals surface area (Å²) in [6, 6.07) is 0. The van der Waals surface area contributed by atoms with Gasteiger partial charge in [0.2, 0.25) is 0 Å². The van der Waals surface area contributed by atoms with Crippen LogP contribution < -0.4 is 0 Å². The molecule has 0 aromatic heterocycles. The Morgan fingerprint density at radius 1 is 1.50 bits per heavy atom. The highest BCUT2D eigenvalue weighted by atomic mass is 16.5. The fraction of sp³-hybridized carbons (Fsp3) is 0.909. The van der Waals surface area contributed by atoms with Crippen LogP contribution in [0.4, 0.5) is 0 Å². The van der Waals surface area contributed by atoms with Crippen LogP contribution in [0.2, 0.25) is 0 Å². The van der Waals surface area contributed by atoms with E-state index in [2.05, 4.69) is 4.74 Å². The van der Waals surface area contributed by atoms with Crippen LogP contribution in [-0.2, 0) is 14.3 Å². The zero-order valence-electron chi connectivity index (χ0n) is 10.4. The predicted molar refractivity (Wildman–Crippen MR) is 61.2 cm³/mol. The molecule has 16 heavy (non-hydrogen) atoms. The number of likely N-dealkylation sites (N-methyl/N-ethyl adjacent to an activating group) is 1. The van der Waals surface area contributed by atoms with Crippen LogP contribution in [0.5, 0.6) is 0 Å². The van der Waals surface area contributed by atoms with Crippen LogP contribution >= 0.6 is 0 Å². The van der Waals surface area contributed by atoms with Crippen molar-refractivity contribution in [2.24, 2.45) is 0 Å². The third-order valence-electron chi connectivity index (χ3n) is 2.19. The lowest BCUT2D eigenvalue weighted by Crippen LogP contribution is -2.33. The molecule has 0 bridgehead atoms. The topological polar surface area (TPSA) is 59.0 Å². The van der Waals surface area contributed by atoms with Gasteiger partial charge in [0.05, 0.1) is 19.8 Å². The summed E-state index contributed by atoms with van der Waals surface area (Å²) in [6.45, 7) is 4.19. The molecule has 0 aliphatic heterocycles. The van der Waals surface area contributed by atoms with E-state index in [1.165, 1.54) is 7.11 Å². The standard InChI is InChI=1S/C11H23NO4/c1-4-16-9-10(13)8-12(2)7-5-6-11(14)15-3/h10,13H,4-9H2,1-3H3. The predicted octanol–water partition coefficient (Wildman–Crippen LogP) is 0.269. The summed E-state index contributed by atoms with van der Waals surface area (Å²) in [5.74, 6) is -0.191. The molecule has 0 saturated carbocycles. The van der Waals surface area contributed by atoms with Crippen molar-refractivity contribution in [3.8, 4) is 0 Å². The number of carbonyl (C=O) groups is 1. The molecule has 0 fully saturated rings. The normalized spacial score (nSPS) is 12.8. The number of hydrogen-bond donors (Lipinski definition) is 1. The van der Waals surface area contributed by atoms with Crippen LogP contribution in [0.3, 0.4) is 0 Å². The van der Waals surface area contributed by atoms with E-state index < -0.39 is 6.10 Å². The minimum Gasteiger partial charge on any atom is -0.469 e. The van der Waals surface area contributed by atoms with Crippen LogP contribution in [0.25, 0.3) is 0 Å². The molecule has 0 amide bonds. The molecule has 0 aliphatic carbocycles. The second-order valence-corrected chi connectivity index (χ2v) is 3.76. The number of aliphatic hydroxyl groups is 1. The van der Waals surface area contributed by atoms with Gasteiger partial charge in [0.25, 0.3) is 0 Å². The van der Waals surface area contributed by atoms with Crippen molar-refractivity contribution in [2.45, 2.75) is 25.9 Å². The number of carbonyl (C=O) groups excluding carboxylic acids is 1. The lowest BCUT2D eigenvalue weighted by Gasteiger charge is -2.20. The number of nitrogens with zero attached hydrogens (tertiary/aromatic N) is 1. The van der Waals surface area contributed by atoms with Crippen molar-refractivity contribution in [3.63, 3.8) is 0 Å². The Balaban J connectivity index is 3.49. The average Bonchev–Trinajstić information content (AvgIpc) is 2.25. The number of methoxy groups -OCH3 is 1. The molecule has 96 valence electrons. The first-order valence-corrected chi connectivity index (χ1v) is 5.61. The van der Waals surface area contributed by atoms with Crippen molar-refractivity contribution in [1.82, 2.24) is 4.90 Å². The van der Waals surface area contributed by atoms with E-state index in [4.69, 9.17) is 4.74 Å². The molecular weight excluding hydrogens is 210 g/mol. The first-order valence-electron chi connectivity index (χ1n) is 5.61. The maximum absolute atomic E-state index is 10.8. The molecular formula is C11H23NO4. The van der Waals surface area contributed by atoms with Gasteiger partial charge in [-0.3, -0.25) is 4.79 Å². The van der Waals surface area contributed by atoms with E-state index in [0.29, 0.717) is 26.2 Å². The minimum absolute atomic E-state index is 0.191. The van der Waals surface area contributed by atoms with Crippen molar-refractivity contribution in [1.29, 1.82) is 0 Å². The van der Waals surface area contributed by atoms with E-state index in [1.807, 2.05) is 18.9 Å². The molecule has 0 aliphatic rings. The van der Waals surface area contributed by atoms with Gasteiger partial charge in [-0.2, -0.15) is 0 Å². The SMILES string of the molecule is CCOCC(O)CN(C)CCCC(=O)OC. The number of aliphatic hydroxyl groups excluding tert-OH is 1. The van der Waals surface area contributed by atoms with Crippen molar-refractivity contribution < 1.29 is 19.4 Å². The Labute approximate surface area is 97.3 Å². The van der Waals surface area contributed by atoms with E-state index in [9.17, 15) is 9.90 Å². The largest absolute Gasteiger partial charge is 0.469 e. The molecule has 5 heteroatoms. The highest BCUT2D eigenvalue weighted by Crippen LogP contribution is 1.97. The first-order chi connectivity index (χ1) is 7.60. The van der Waals surface area contributed by atoms with Crippen molar-refractivity contribution in [3.05, 3.63) is 0 Å². The molecule has 0 aromatic rings. The average molecular weight is 233 g/mol. The van der Waals surface area contributed by atoms with Gasteiger partial charge in [-0.05, 0) is 26.9 Å². The van der Waals surface area contributed by atoms with Gasteiger partial charge in [0.1, 0.15) is 0 Å². The van der Waals surface area contributed by atoms with E-state index in [-0.39, 0.29) is 5.97 Å². The van der Waals surface area contributed by atoms with E-state index in [0.717, 1.165) is 13.0 Å². The molecule has 1 atom stereocenters. The van der Waals surface area contributed by atoms with Crippen molar-refractivity contribution in [2.75, 3.05) is 40.5 Å². The fourth-order valence-corrected chi connectivity index (χ4v) is 1.35.